The number of benzene rings is 1. The Bertz CT molecular complexity index is 429. The number of carboxylic acids is 1. The number of hydrogen-bond acceptors (Lipinski definition) is 1. The molecule has 17 heavy (non-hydrogen) atoms. The van der Waals surface area contributed by atoms with E-state index in [2.05, 4.69) is 0 Å². The second-order valence-corrected chi connectivity index (χ2v) is 4.01. The van der Waals surface area contributed by atoms with Gasteiger partial charge in [0.1, 0.15) is 0 Å². The van der Waals surface area contributed by atoms with E-state index < -0.39 is 23.6 Å². The molecular weight excluding hydrogens is 257 g/mol. The average molecular weight is 267 g/mol. The van der Waals surface area contributed by atoms with Gasteiger partial charge in [0.15, 0.2) is 0 Å². The van der Waals surface area contributed by atoms with Gasteiger partial charge in [0, 0.05) is 5.02 Å². The lowest BCUT2D eigenvalue weighted by atomic mass is 9.95. The van der Waals surface area contributed by atoms with Gasteiger partial charge in [-0.25, -0.2) is 0 Å². The summed E-state index contributed by atoms with van der Waals surface area (Å²) in [5, 5.41) is 8.77. The Hall–Kier alpha value is -1.23. The van der Waals surface area contributed by atoms with Crippen LogP contribution in [0.15, 0.2) is 18.2 Å². The van der Waals surface area contributed by atoms with Gasteiger partial charge in [0.25, 0.3) is 0 Å². The lowest BCUT2D eigenvalue weighted by Crippen LogP contribution is -2.12. The molecule has 1 atom stereocenters. The Morgan fingerprint density at radius 2 is 2.00 bits per heavy atom. The van der Waals surface area contributed by atoms with Crippen LogP contribution < -0.4 is 0 Å². The third kappa shape index (κ3) is 3.36. The highest BCUT2D eigenvalue weighted by molar-refractivity contribution is 6.30. The summed E-state index contributed by atoms with van der Waals surface area (Å²) in [6.45, 7) is 1.59. The fourth-order valence-electron chi connectivity index (χ4n) is 1.53. The molecule has 0 heterocycles. The molecule has 1 aromatic carbocycles. The molecule has 0 aliphatic rings. The molecule has 0 saturated heterocycles. The van der Waals surface area contributed by atoms with Gasteiger partial charge < -0.3 is 5.11 Å². The number of carboxylic acid groups (broad SMARTS) is 1. The van der Waals surface area contributed by atoms with Crippen molar-refractivity contribution in [2.45, 2.75) is 25.4 Å². The third-order valence-electron chi connectivity index (χ3n) is 2.36. The number of aliphatic carboxylic acids is 1. The zero-order valence-corrected chi connectivity index (χ0v) is 9.64. The third-order valence-corrected chi connectivity index (χ3v) is 2.57. The normalized spacial score (nSPS) is 13.5. The van der Waals surface area contributed by atoms with Crippen molar-refractivity contribution in [2.75, 3.05) is 0 Å². The minimum absolute atomic E-state index is 0.0693. The van der Waals surface area contributed by atoms with Gasteiger partial charge in [-0.05, 0) is 30.2 Å². The summed E-state index contributed by atoms with van der Waals surface area (Å²) in [4.78, 5) is 10.9. The van der Waals surface area contributed by atoms with Crippen LogP contribution in [0.3, 0.4) is 0 Å². The van der Waals surface area contributed by atoms with E-state index in [1.165, 1.54) is 6.07 Å². The standard InChI is InChI=1S/C11H10ClF3O2/c1-2-9(10(16)17)6-3-7(11(13,14)15)5-8(12)4-6/h3-5,9H,2H2,1H3,(H,16,17). The first-order valence-electron chi connectivity index (χ1n) is 4.86. The Morgan fingerprint density at radius 3 is 2.41 bits per heavy atom. The first-order valence-corrected chi connectivity index (χ1v) is 5.24. The van der Waals surface area contributed by atoms with E-state index in [0.29, 0.717) is 0 Å². The smallest absolute Gasteiger partial charge is 0.416 e. The van der Waals surface area contributed by atoms with Crippen molar-refractivity contribution in [1.29, 1.82) is 0 Å². The van der Waals surface area contributed by atoms with Gasteiger partial charge in [0.05, 0.1) is 11.5 Å². The van der Waals surface area contributed by atoms with Crippen molar-refractivity contribution in [1.82, 2.24) is 0 Å². The molecule has 94 valence electrons. The number of rotatable bonds is 3. The predicted octanol–water partition coefficient (Wildman–Crippen LogP) is 3.94. The summed E-state index contributed by atoms with van der Waals surface area (Å²) in [5.74, 6) is -2.14. The predicted molar refractivity (Wildman–Crippen MR) is 57.1 cm³/mol. The molecule has 1 aromatic rings. The van der Waals surface area contributed by atoms with Gasteiger partial charge in [-0.15, -0.1) is 0 Å². The van der Waals surface area contributed by atoms with Crippen LogP contribution in [0, 0.1) is 0 Å². The largest absolute Gasteiger partial charge is 0.481 e. The molecule has 0 fully saturated rings. The average Bonchev–Trinajstić information content (AvgIpc) is 2.15. The van der Waals surface area contributed by atoms with E-state index in [-0.39, 0.29) is 17.0 Å². The number of carbonyl (C=O) groups is 1. The quantitative estimate of drug-likeness (QED) is 0.900. The highest BCUT2D eigenvalue weighted by atomic mass is 35.5. The summed E-state index contributed by atoms with van der Waals surface area (Å²) in [6.07, 6.45) is -4.33. The van der Waals surface area contributed by atoms with Crippen molar-refractivity contribution in [2.24, 2.45) is 0 Å². The molecular formula is C11H10ClF3O2. The summed E-state index contributed by atoms with van der Waals surface area (Å²) >= 11 is 5.57. The monoisotopic (exact) mass is 266 g/mol. The van der Waals surface area contributed by atoms with E-state index >= 15 is 0 Å². The highest BCUT2D eigenvalue weighted by Gasteiger charge is 2.32. The Labute approximate surface area is 101 Å². The minimum Gasteiger partial charge on any atom is -0.481 e. The molecule has 0 aliphatic heterocycles. The second kappa shape index (κ2) is 4.96. The number of halogens is 4. The Kier molecular flexibility index (Phi) is 4.03. The Morgan fingerprint density at radius 1 is 1.41 bits per heavy atom. The maximum Gasteiger partial charge on any atom is 0.416 e. The number of hydrogen-bond donors (Lipinski definition) is 1. The zero-order chi connectivity index (χ0) is 13.2. The minimum atomic E-state index is -4.53. The number of alkyl halides is 3. The van der Waals surface area contributed by atoms with Gasteiger partial charge in [-0.3, -0.25) is 4.79 Å². The van der Waals surface area contributed by atoms with Crippen LogP contribution in [0.1, 0.15) is 30.4 Å². The molecule has 1 N–H and O–H groups in total. The SMILES string of the molecule is CCC(C(=O)O)c1cc(Cl)cc(C(F)(F)F)c1. The van der Waals surface area contributed by atoms with Gasteiger partial charge >= 0.3 is 12.1 Å². The van der Waals surface area contributed by atoms with Crippen molar-refractivity contribution < 1.29 is 23.1 Å². The summed E-state index contributed by atoms with van der Waals surface area (Å²) in [7, 11) is 0. The molecule has 0 aliphatic carbocycles. The van der Waals surface area contributed by atoms with Crippen molar-refractivity contribution in [3.05, 3.63) is 34.3 Å². The van der Waals surface area contributed by atoms with Crippen LogP contribution >= 0.6 is 11.6 Å². The fourth-order valence-corrected chi connectivity index (χ4v) is 1.77. The van der Waals surface area contributed by atoms with Crippen LogP contribution in [-0.4, -0.2) is 11.1 Å². The molecule has 0 amide bonds. The van der Waals surface area contributed by atoms with Crippen LogP contribution in [-0.2, 0) is 11.0 Å². The van der Waals surface area contributed by atoms with Crippen LogP contribution in [0.2, 0.25) is 5.02 Å². The van der Waals surface area contributed by atoms with Gasteiger partial charge in [0.2, 0.25) is 0 Å². The molecule has 1 rings (SSSR count). The molecule has 0 aromatic heterocycles. The summed E-state index contributed by atoms with van der Waals surface area (Å²) in [6, 6.07) is 2.85. The van der Waals surface area contributed by atoms with Crippen molar-refractivity contribution >= 4 is 17.6 Å². The van der Waals surface area contributed by atoms with Gasteiger partial charge in [-0.2, -0.15) is 13.2 Å². The van der Waals surface area contributed by atoms with E-state index in [0.717, 1.165) is 12.1 Å². The molecule has 2 nitrogen and oxygen atoms in total. The summed E-state index contributed by atoms with van der Waals surface area (Å²) < 4.78 is 37.5. The van der Waals surface area contributed by atoms with Crippen molar-refractivity contribution in [3.8, 4) is 0 Å². The highest BCUT2D eigenvalue weighted by Crippen LogP contribution is 2.34. The molecule has 6 heteroatoms. The molecule has 0 saturated carbocycles. The van der Waals surface area contributed by atoms with Crippen LogP contribution in [0.5, 0.6) is 0 Å². The topological polar surface area (TPSA) is 37.3 Å². The second-order valence-electron chi connectivity index (χ2n) is 3.57. The maximum atomic E-state index is 12.5. The van der Waals surface area contributed by atoms with E-state index in [1.807, 2.05) is 0 Å². The lowest BCUT2D eigenvalue weighted by molar-refractivity contribution is -0.140. The van der Waals surface area contributed by atoms with E-state index in [9.17, 15) is 18.0 Å². The first kappa shape index (κ1) is 13.8. The fraction of sp³-hybridized carbons (Fsp3) is 0.364. The van der Waals surface area contributed by atoms with Gasteiger partial charge in [-0.1, -0.05) is 18.5 Å². The Balaban J connectivity index is 3.26. The van der Waals surface area contributed by atoms with E-state index in [1.54, 1.807) is 6.92 Å². The van der Waals surface area contributed by atoms with E-state index in [4.69, 9.17) is 16.7 Å². The molecule has 0 spiro atoms. The zero-order valence-electron chi connectivity index (χ0n) is 8.88. The molecule has 1 unspecified atom stereocenters. The lowest BCUT2D eigenvalue weighted by Gasteiger charge is -2.14. The van der Waals surface area contributed by atoms with Crippen molar-refractivity contribution in [3.63, 3.8) is 0 Å². The summed E-state index contributed by atoms with van der Waals surface area (Å²) in [5.41, 5.74) is -0.862. The maximum absolute atomic E-state index is 12.5. The van der Waals surface area contributed by atoms with Crippen LogP contribution in [0.25, 0.3) is 0 Å². The molecule has 0 radical (unpaired) electrons. The van der Waals surface area contributed by atoms with Crippen LogP contribution in [0.4, 0.5) is 13.2 Å². The first-order chi connectivity index (χ1) is 7.75. The molecule has 0 bridgehead atoms.